The third-order valence-corrected chi connectivity index (χ3v) is 16.8. The third-order valence-electron chi connectivity index (χ3n) is 16.8. The van der Waals surface area contributed by atoms with Crippen molar-refractivity contribution in [3.63, 3.8) is 0 Å². The molecule has 0 aromatic heterocycles. The monoisotopic (exact) mass is 1120 g/mol. The number of carbonyl (C=O) groups excluding carboxylic acids is 1. The highest BCUT2D eigenvalue weighted by molar-refractivity contribution is 5.76. The first-order valence-corrected chi connectivity index (χ1v) is 33.3. The topological polar surface area (TPSA) is 228 Å². The van der Waals surface area contributed by atoms with Crippen molar-refractivity contribution in [2.24, 2.45) is 0 Å². The van der Waals surface area contributed by atoms with Crippen LogP contribution in [0.2, 0.25) is 0 Å². The molecule has 2 saturated heterocycles. The second-order valence-corrected chi connectivity index (χ2v) is 24.0. The van der Waals surface area contributed by atoms with Crippen molar-refractivity contribution in [2.75, 3.05) is 19.8 Å². The molecule has 0 radical (unpaired) electrons. The Labute approximate surface area is 476 Å². The van der Waals surface area contributed by atoms with Gasteiger partial charge in [-0.2, -0.15) is 0 Å². The Kier molecular flexibility index (Phi) is 47.3. The quantitative estimate of drug-likeness (QED) is 0.0259. The number of ether oxygens (including phenoxy) is 4. The van der Waals surface area contributed by atoms with E-state index in [0.29, 0.717) is 12.8 Å². The van der Waals surface area contributed by atoms with Gasteiger partial charge in [-0.1, -0.05) is 290 Å². The van der Waals surface area contributed by atoms with Crippen LogP contribution in [0.3, 0.4) is 0 Å². The lowest BCUT2D eigenvalue weighted by atomic mass is 9.97. The summed E-state index contributed by atoms with van der Waals surface area (Å²) in [5.74, 6) is -0.199. The average Bonchev–Trinajstić information content (AvgIpc) is 3.47. The number of aliphatic hydroxyl groups excluding tert-OH is 8. The molecular formula is C64H125NO13. The van der Waals surface area contributed by atoms with Gasteiger partial charge in [-0.15, -0.1) is 0 Å². The molecule has 0 saturated carbocycles. The molecule has 78 heavy (non-hydrogen) atoms. The normalized spacial score (nSPS) is 24.4. The molecule has 2 aliphatic heterocycles. The molecule has 14 nitrogen and oxygen atoms in total. The fourth-order valence-electron chi connectivity index (χ4n) is 11.5. The van der Waals surface area contributed by atoms with Crippen LogP contribution in [0, 0.1) is 0 Å². The maximum Gasteiger partial charge on any atom is 0.220 e. The summed E-state index contributed by atoms with van der Waals surface area (Å²) in [6.45, 7) is 2.90. The summed E-state index contributed by atoms with van der Waals surface area (Å²) in [4.78, 5) is 13.3. The van der Waals surface area contributed by atoms with Gasteiger partial charge >= 0.3 is 0 Å². The fraction of sp³-hybridized carbons (Fsp3) is 0.984. The zero-order valence-electron chi connectivity index (χ0n) is 50.2. The van der Waals surface area contributed by atoms with Crippen molar-refractivity contribution in [3.05, 3.63) is 0 Å². The predicted octanol–water partition coefficient (Wildman–Crippen LogP) is 12.5. The predicted molar refractivity (Wildman–Crippen MR) is 314 cm³/mol. The largest absolute Gasteiger partial charge is 0.394 e. The summed E-state index contributed by atoms with van der Waals surface area (Å²) in [6, 6.07) is -0.822. The first kappa shape index (κ1) is 73.1. The highest BCUT2D eigenvalue weighted by Crippen LogP contribution is 2.30. The number of hydrogen-bond acceptors (Lipinski definition) is 13. The van der Waals surface area contributed by atoms with Crippen LogP contribution in [-0.2, 0) is 23.7 Å². The van der Waals surface area contributed by atoms with Crippen LogP contribution in [0.15, 0.2) is 0 Å². The molecule has 464 valence electrons. The molecule has 2 aliphatic rings. The maximum atomic E-state index is 13.3. The minimum atomic E-state index is -1.78. The molecule has 0 bridgehead atoms. The van der Waals surface area contributed by atoms with Crippen LogP contribution in [0.1, 0.15) is 309 Å². The lowest BCUT2D eigenvalue weighted by Crippen LogP contribution is -2.65. The summed E-state index contributed by atoms with van der Waals surface area (Å²) in [5.41, 5.74) is 0. The second-order valence-electron chi connectivity index (χ2n) is 24.0. The molecule has 2 fully saturated rings. The van der Waals surface area contributed by atoms with Gasteiger partial charge in [0.05, 0.1) is 32.0 Å². The summed E-state index contributed by atoms with van der Waals surface area (Å²) in [7, 11) is 0. The van der Waals surface area contributed by atoms with Crippen LogP contribution in [0.5, 0.6) is 0 Å². The minimum absolute atomic E-state index is 0.199. The zero-order valence-corrected chi connectivity index (χ0v) is 50.2. The molecule has 1 amide bonds. The van der Waals surface area contributed by atoms with Crippen molar-refractivity contribution < 1.29 is 64.6 Å². The van der Waals surface area contributed by atoms with Crippen LogP contribution in [-0.4, -0.2) is 140 Å². The molecule has 0 aliphatic carbocycles. The van der Waals surface area contributed by atoms with E-state index in [0.717, 1.165) is 51.4 Å². The molecule has 12 atom stereocenters. The van der Waals surface area contributed by atoms with E-state index < -0.39 is 86.8 Å². The van der Waals surface area contributed by atoms with Crippen LogP contribution < -0.4 is 5.32 Å². The van der Waals surface area contributed by atoms with Crippen LogP contribution in [0.25, 0.3) is 0 Å². The lowest BCUT2D eigenvalue weighted by molar-refractivity contribution is -0.359. The molecule has 0 aromatic rings. The Balaban J connectivity index is 1.61. The van der Waals surface area contributed by atoms with Crippen molar-refractivity contribution >= 4 is 5.91 Å². The van der Waals surface area contributed by atoms with Gasteiger partial charge in [0, 0.05) is 6.42 Å². The van der Waals surface area contributed by atoms with Gasteiger partial charge in [0.25, 0.3) is 0 Å². The Hall–Kier alpha value is -1.01. The summed E-state index contributed by atoms with van der Waals surface area (Å²) in [5, 5.41) is 87.3. The van der Waals surface area contributed by atoms with E-state index in [-0.39, 0.29) is 12.5 Å². The summed E-state index contributed by atoms with van der Waals surface area (Å²) < 4.78 is 22.9. The Morgan fingerprint density at radius 3 is 1.09 bits per heavy atom. The zero-order chi connectivity index (χ0) is 56.7. The third kappa shape index (κ3) is 35.2. The van der Waals surface area contributed by atoms with Gasteiger partial charge < -0.3 is 65.1 Å². The van der Waals surface area contributed by atoms with Gasteiger partial charge in [0.15, 0.2) is 12.6 Å². The summed E-state index contributed by atoms with van der Waals surface area (Å²) in [6.07, 6.45) is 41.3. The Bertz CT molecular complexity index is 1310. The molecular weight excluding hydrogens is 991 g/mol. The van der Waals surface area contributed by atoms with Gasteiger partial charge in [0.1, 0.15) is 48.8 Å². The van der Waals surface area contributed by atoms with Gasteiger partial charge in [-0.25, -0.2) is 0 Å². The number of hydrogen-bond donors (Lipinski definition) is 9. The molecule has 0 spiro atoms. The van der Waals surface area contributed by atoms with Gasteiger partial charge in [-0.05, 0) is 12.8 Å². The summed E-state index contributed by atoms with van der Waals surface area (Å²) >= 11 is 0. The number of carbonyl (C=O) groups is 1. The van der Waals surface area contributed by atoms with Crippen molar-refractivity contribution in [3.8, 4) is 0 Å². The van der Waals surface area contributed by atoms with Crippen molar-refractivity contribution in [1.82, 2.24) is 5.32 Å². The number of amides is 1. The maximum absolute atomic E-state index is 13.3. The lowest BCUT2D eigenvalue weighted by Gasteiger charge is -2.46. The van der Waals surface area contributed by atoms with Crippen molar-refractivity contribution in [2.45, 2.75) is 383 Å². The molecule has 14 heteroatoms. The Morgan fingerprint density at radius 1 is 0.410 bits per heavy atom. The first-order chi connectivity index (χ1) is 38.1. The highest BCUT2D eigenvalue weighted by atomic mass is 16.7. The van der Waals surface area contributed by atoms with Crippen molar-refractivity contribution in [1.29, 1.82) is 0 Å². The highest BCUT2D eigenvalue weighted by Gasteiger charge is 2.51. The van der Waals surface area contributed by atoms with E-state index in [1.807, 2.05) is 0 Å². The smallest absolute Gasteiger partial charge is 0.220 e. The molecule has 9 N–H and O–H groups in total. The molecule has 0 aromatic carbocycles. The van der Waals surface area contributed by atoms with Crippen LogP contribution in [0.4, 0.5) is 0 Å². The second kappa shape index (κ2) is 50.5. The number of rotatable bonds is 55. The number of unbranched alkanes of at least 4 members (excludes halogenated alkanes) is 42. The Morgan fingerprint density at radius 2 is 0.731 bits per heavy atom. The van der Waals surface area contributed by atoms with Crippen LogP contribution >= 0.6 is 0 Å². The molecule has 2 rings (SSSR count). The molecule has 2 heterocycles. The van der Waals surface area contributed by atoms with Gasteiger partial charge in [0.2, 0.25) is 5.91 Å². The standard InChI is InChI=1S/C64H125NO13/c1-3-5-7-9-11-13-15-17-18-19-20-21-22-23-24-25-26-27-28-29-30-31-32-33-34-36-38-40-42-44-46-48-56(69)65-52(53(68)47-45-43-41-39-37-35-16-14-12-10-8-6-4-2)51-75-63-61(74)59(72)62(55(50-67)77-63)78-64-60(73)58(71)57(70)54(49-66)76-64/h52-55,57-64,66-68,70-74H,3-51H2,1-2H3,(H,65,69). The van der Waals surface area contributed by atoms with E-state index in [4.69, 9.17) is 18.9 Å². The van der Waals surface area contributed by atoms with Gasteiger partial charge in [-0.3, -0.25) is 4.79 Å². The SMILES string of the molecule is CCCCCCCCCCCCCCCCCCCCCCCCCCCCCCCCCC(=O)NC(COC1OC(CO)C(OC2OC(CO)C(O)C(O)C2O)C(O)C1O)C(O)CCCCCCCCCCCCCCC. The van der Waals surface area contributed by atoms with E-state index in [1.54, 1.807) is 0 Å². The van der Waals surface area contributed by atoms with E-state index in [2.05, 4.69) is 19.2 Å². The average molecular weight is 1120 g/mol. The first-order valence-electron chi connectivity index (χ1n) is 33.3. The van der Waals surface area contributed by atoms with E-state index in [9.17, 15) is 45.6 Å². The number of nitrogens with one attached hydrogen (secondary N) is 1. The minimum Gasteiger partial charge on any atom is -0.394 e. The number of aliphatic hydroxyl groups is 8. The van der Waals surface area contributed by atoms with E-state index >= 15 is 0 Å². The fourth-order valence-corrected chi connectivity index (χ4v) is 11.5. The van der Waals surface area contributed by atoms with E-state index in [1.165, 1.54) is 231 Å². The molecule has 12 unspecified atom stereocenters.